The van der Waals surface area contributed by atoms with Gasteiger partial charge in [0.05, 0.1) is 11.0 Å². The van der Waals surface area contributed by atoms with Gasteiger partial charge in [0.2, 0.25) is 10.0 Å². The summed E-state index contributed by atoms with van der Waals surface area (Å²) in [6, 6.07) is 6.57. The molecule has 0 radical (unpaired) electrons. The van der Waals surface area contributed by atoms with Crippen LogP contribution in [0.15, 0.2) is 35.2 Å². The number of carbonyl (C=O) groups is 1. The molecule has 0 heterocycles. The van der Waals surface area contributed by atoms with Crippen LogP contribution < -0.4 is 4.72 Å². The van der Waals surface area contributed by atoms with Crippen molar-refractivity contribution in [1.29, 1.82) is 0 Å². The van der Waals surface area contributed by atoms with E-state index in [1.54, 1.807) is 18.2 Å². The van der Waals surface area contributed by atoms with Crippen molar-refractivity contribution in [3.8, 4) is 0 Å². The van der Waals surface area contributed by atoms with Gasteiger partial charge in [0.15, 0.2) is 0 Å². The van der Waals surface area contributed by atoms with Crippen LogP contribution in [-0.4, -0.2) is 31.5 Å². The van der Waals surface area contributed by atoms with Gasteiger partial charge < -0.3 is 5.11 Å². The molecule has 6 heteroatoms. The minimum absolute atomic E-state index is 0.0619. The third kappa shape index (κ3) is 3.62. The fourth-order valence-electron chi connectivity index (χ4n) is 1.36. The highest BCUT2D eigenvalue weighted by molar-refractivity contribution is 7.89. The smallest absolute Gasteiger partial charge is 0.241 e. The van der Waals surface area contributed by atoms with Crippen LogP contribution >= 0.6 is 0 Å². The van der Waals surface area contributed by atoms with Gasteiger partial charge in [0.25, 0.3) is 0 Å². The Morgan fingerprint density at radius 2 is 1.82 bits per heavy atom. The van der Waals surface area contributed by atoms with E-state index in [0.29, 0.717) is 0 Å². The summed E-state index contributed by atoms with van der Waals surface area (Å²) in [5.74, 6) is -0.431. The number of aliphatic hydroxyl groups excluding tert-OH is 1. The van der Waals surface area contributed by atoms with Gasteiger partial charge >= 0.3 is 0 Å². The summed E-state index contributed by atoms with van der Waals surface area (Å²) in [6.07, 6.45) is -1.08. The molecule has 2 N–H and O–H groups in total. The first-order valence-electron chi connectivity index (χ1n) is 5.10. The Hall–Kier alpha value is -1.24. The first kappa shape index (κ1) is 13.8. The highest BCUT2D eigenvalue weighted by Gasteiger charge is 2.26. The van der Waals surface area contributed by atoms with Gasteiger partial charge in [0.1, 0.15) is 11.8 Å². The number of aliphatic hydroxyl groups is 1. The molecule has 0 amide bonds. The minimum atomic E-state index is -3.78. The quantitative estimate of drug-likeness (QED) is 0.795. The fourth-order valence-corrected chi connectivity index (χ4v) is 2.70. The number of nitrogens with one attached hydrogen (secondary N) is 1. The summed E-state index contributed by atoms with van der Waals surface area (Å²) in [5, 5.41) is 9.35. The lowest BCUT2D eigenvalue weighted by atomic mass is 10.1. The van der Waals surface area contributed by atoms with E-state index in [0.717, 1.165) is 0 Å². The summed E-state index contributed by atoms with van der Waals surface area (Å²) < 4.78 is 25.9. The van der Waals surface area contributed by atoms with E-state index in [4.69, 9.17) is 0 Å². The van der Waals surface area contributed by atoms with Crippen LogP contribution in [0.25, 0.3) is 0 Å². The van der Waals surface area contributed by atoms with Crippen molar-refractivity contribution < 1.29 is 18.3 Å². The third-order valence-corrected chi connectivity index (χ3v) is 3.71. The Morgan fingerprint density at radius 3 is 2.24 bits per heavy atom. The van der Waals surface area contributed by atoms with Gasteiger partial charge in [-0.15, -0.1) is 0 Å². The van der Waals surface area contributed by atoms with Crippen LogP contribution in [0.1, 0.15) is 13.8 Å². The normalized spacial score (nSPS) is 15.2. The van der Waals surface area contributed by atoms with Gasteiger partial charge in [-0.3, -0.25) is 4.79 Å². The van der Waals surface area contributed by atoms with Crippen molar-refractivity contribution in [2.24, 2.45) is 0 Å². The second kappa shape index (κ2) is 5.39. The first-order chi connectivity index (χ1) is 7.84. The number of ketones is 1. The average molecular weight is 257 g/mol. The van der Waals surface area contributed by atoms with E-state index in [9.17, 15) is 18.3 Å². The van der Waals surface area contributed by atoms with Gasteiger partial charge in [-0.2, -0.15) is 4.72 Å². The van der Waals surface area contributed by atoms with Gasteiger partial charge in [-0.1, -0.05) is 18.2 Å². The Morgan fingerprint density at radius 1 is 1.29 bits per heavy atom. The summed E-state index contributed by atoms with van der Waals surface area (Å²) in [6.45, 7) is 2.59. The molecule has 1 rings (SSSR count). The lowest BCUT2D eigenvalue weighted by Crippen LogP contribution is -2.46. The van der Waals surface area contributed by atoms with Gasteiger partial charge in [0, 0.05) is 0 Å². The third-order valence-electron chi connectivity index (χ3n) is 2.26. The molecular weight excluding hydrogens is 242 g/mol. The number of benzene rings is 1. The highest BCUT2D eigenvalue weighted by atomic mass is 32.2. The molecule has 17 heavy (non-hydrogen) atoms. The molecule has 0 unspecified atom stereocenters. The molecular formula is C11H15NO4S. The van der Waals surface area contributed by atoms with Crippen LogP contribution in [0.2, 0.25) is 0 Å². The van der Waals surface area contributed by atoms with Crippen LogP contribution in [0, 0.1) is 0 Å². The molecule has 0 saturated heterocycles. The van der Waals surface area contributed by atoms with E-state index < -0.39 is 28.0 Å². The molecule has 0 aliphatic rings. The summed E-state index contributed by atoms with van der Waals surface area (Å²) >= 11 is 0. The zero-order chi connectivity index (χ0) is 13.1. The molecule has 1 aromatic carbocycles. The SMILES string of the molecule is CC(=O)[C@@H](NS(=O)(=O)c1ccccc1)[C@H](C)O. The molecule has 2 atom stereocenters. The molecule has 0 aliphatic heterocycles. The molecule has 94 valence electrons. The first-order valence-corrected chi connectivity index (χ1v) is 6.59. The predicted molar refractivity (Wildman–Crippen MR) is 62.9 cm³/mol. The lowest BCUT2D eigenvalue weighted by molar-refractivity contribution is -0.120. The second-order valence-electron chi connectivity index (χ2n) is 3.76. The van der Waals surface area contributed by atoms with Crippen molar-refractivity contribution in [2.45, 2.75) is 30.9 Å². The Labute approximate surface area is 101 Å². The van der Waals surface area contributed by atoms with Crippen molar-refractivity contribution in [3.63, 3.8) is 0 Å². The number of carbonyl (C=O) groups excluding carboxylic acids is 1. The number of sulfonamides is 1. The number of hydrogen-bond donors (Lipinski definition) is 2. The average Bonchev–Trinajstić information content (AvgIpc) is 2.26. The van der Waals surface area contributed by atoms with Crippen LogP contribution in [0.5, 0.6) is 0 Å². The van der Waals surface area contributed by atoms with E-state index in [1.165, 1.54) is 26.0 Å². The monoisotopic (exact) mass is 257 g/mol. The van der Waals surface area contributed by atoms with Crippen molar-refractivity contribution in [1.82, 2.24) is 4.72 Å². The zero-order valence-electron chi connectivity index (χ0n) is 9.62. The minimum Gasteiger partial charge on any atom is -0.391 e. The van der Waals surface area contributed by atoms with Crippen molar-refractivity contribution in [2.75, 3.05) is 0 Å². The molecule has 0 aliphatic carbocycles. The Kier molecular flexibility index (Phi) is 4.39. The largest absolute Gasteiger partial charge is 0.391 e. The zero-order valence-corrected chi connectivity index (χ0v) is 10.4. The van der Waals surface area contributed by atoms with Crippen LogP contribution in [0.4, 0.5) is 0 Å². The van der Waals surface area contributed by atoms with Gasteiger partial charge in [-0.25, -0.2) is 8.42 Å². The molecule has 1 aromatic rings. The van der Waals surface area contributed by atoms with Crippen molar-refractivity contribution in [3.05, 3.63) is 30.3 Å². The van der Waals surface area contributed by atoms with Gasteiger partial charge in [-0.05, 0) is 26.0 Å². The number of Topliss-reactive ketones (excluding diaryl/α,β-unsaturated/α-hetero) is 1. The summed E-state index contributed by atoms with van der Waals surface area (Å²) in [5.41, 5.74) is 0. The van der Waals surface area contributed by atoms with Crippen LogP contribution in [-0.2, 0) is 14.8 Å². The maximum absolute atomic E-state index is 11.9. The topological polar surface area (TPSA) is 83.5 Å². The molecule has 0 bridgehead atoms. The van der Waals surface area contributed by atoms with E-state index in [1.807, 2.05) is 0 Å². The number of rotatable bonds is 5. The maximum Gasteiger partial charge on any atom is 0.241 e. The molecule has 0 saturated carbocycles. The van der Waals surface area contributed by atoms with E-state index in [2.05, 4.69) is 4.72 Å². The fraction of sp³-hybridized carbons (Fsp3) is 0.364. The molecule has 5 nitrogen and oxygen atoms in total. The highest BCUT2D eigenvalue weighted by Crippen LogP contribution is 2.09. The number of hydrogen-bond acceptors (Lipinski definition) is 4. The second-order valence-corrected chi connectivity index (χ2v) is 5.48. The van der Waals surface area contributed by atoms with E-state index in [-0.39, 0.29) is 4.90 Å². The molecule has 0 spiro atoms. The van der Waals surface area contributed by atoms with Crippen molar-refractivity contribution >= 4 is 15.8 Å². The Bertz CT molecular complexity index is 481. The maximum atomic E-state index is 11.9. The lowest BCUT2D eigenvalue weighted by Gasteiger charge is -2.18. The predicted octanol–water partition coefficient (Wildman–Crippen LogP) is 0.303. The summed E-state index contributed by atoms with van der Waals surface area (Å²) in [7, 11) is -3.78. The van der Waals surface area contributed by atoms with Crippen LogP contribution in [0.3, 0.4) is 0 Å². The molecule has 0 aromatic heterocycles. The Balaban J connectivity index is 2.97. The summed E-state index contributed by atoms with van der Waals surface area (Å²) in [4.78, 5) is 11.3. The standard InChI is InChI=1S/C11H15NO4S/c1-8(13)11(9(2)14)12-17(15,16)10-6-4-3-5-7-10/h3-8,11-13H,1-2H3/t8-,11-/m0/s1. The molecule has 0 fully saturated rings. The van der Waals surface area contributed by atoms with E-state index >= 15 is 0 Å².